The van der Waals surface area contributed by atoms with Crippen molar-refractivity contribution in [3.63, 3.8) is 0 Å². The van der Waals surface area contributed by atoms with E-state index in [1.807, 2.05) is 0 Å². The Balaban J connectivity index is 2.66. The second-order valence-corrected chi connectivity index (χ2v) is 17.8. The van der Waals surface area contributed by atoms with Crippen molar-refractivity contribution in [3.8, 4) is 23.3 Å². The van der Waals surface area contributed by atoms with E-state index < -0.39 is 11.6 Å². The van der Waals surface area contributed by atoms with Crippen LogP contribution in [0, 0.1) is 17.2 Å². The van der Waals surface area contributed by atoms with E-state index >= 15 is 0 Å². The molecule has 266 valence electrons. The minimum atomic E-state index is -1.65. The number of methoxy groups -OCH3 is 2. The van der Waals surface area contributed by atoms with Gasteiger partial charge in [0.05, 0.1) is 31.9 Å². The van der Waals surface area contributed by atoms with Gasteiger partial charge >= 0.3 is 0 Å². The lowest BCUT2D eigenvalue weighted by atomic mass is 9.69. The molecule has 0 aliphatic heterocycles. The molecule has 2 N–H and O–H groups in total. The Morgan fingerprint density at radius 1 is 0.673 bits per heavy atom. The molecule has 3 aromatic rings. The highest BCUT2D eigenvalue weighted by molar-refractivity contribution is 5.84. The number of aromatic hydroxyl groups is 1. The predicted molar refractivity (Wildman–Crippen MR) is 203 cm³/mol. The summed E-state index contributed by atoms with van der Waals surface area (Å²) >= 11 is 0. The van der Waals surface area contributed by atoms with E-state index in [0.29, 0.717) is 22.3 Å². The largest absolute Gasteiger partial charge is 0.507 e. The molecule has 0 bridgehead atoms. The highest BCUT2D eigenvalue weighted by atomic mass is 16.5. The fourth-order valence-electron chi connectivity index (χ4n) is 6.52. The average Bonchev–Trinajstić information content (AvgIpc) is 2.98. The first-order valence-electron chi connectivity index (χ1n) is 17.3. The topological polar surface area (TPSA) is 95.1 Å². The van der Waals surface area contributed by atoms with Crippen LogP contribution in [-0.4, -0.2) is 36.7 Å². The average molecular weight is 669 g/mol. The van der Waals surface area contributed by atoms with E-state index in [4.69, 9.17) is 14.5 Å². The molecule has 0 saturated heterocycles. The van der Waals surface area contributed by atoms with Gasteiger partial charge in [0.1, 0.15) is 22.8 Å². The van der Waals surface area contributed by atoms with Gasteiger partial charge in [0.2, 0.25) is 0 Å². The molecule has 3 rings (SSSR count). The summed E-state index contributed by atoms with van der Waals surface area (Å²) in [5.74, 6) is 1.49. The number of phenols is 1. The normalized spacial score (nSPS) is 13.9. The molecule has 0 aromatic heterocycles. The van der Waals surface area contributed by atoms with Gasteiger partial charge in [-0.1, -0.05) is 96.9 Å². The Morgan fingerprint density at radius 3 is 1.33 bits per heavy atom. The zero-order valence-electron chi connectivity index (χ0n) is 32.9. The van der Waals surface area contributed by atoms with Crippen LogP contribution in [0.25, 0.3) is 0 Å². The molecule has 3 aromatic carbocycles. The molecule has 6 heteroatoms. The Morgan fingerprint density at radius 2 is 1.04 bits per heavy atom. The molecule has 0 aliphatic rings. The number of hydrogen-bond donors (Lipinski definition) is 2. The molecule has 0 aliphatic carbocycles. The number of benzene rings is 3. The van der Waals surface area contributed by atoms with Crippen LogP contribution in [-0.2, 0) is 27.3 Å². The third kappa shape index (κ3) is 8.15. The quantitative estimate of drug-likeness (QED) is 0.233. The van der Waals surface area contributed by atoms with E-state index in [9.17, 15) is 15.5 Å². The van der Waals surface area contributed by atoms with Gasteiger partial charge in [-0.2, -0.15) is 5.26 Å². The maximum absolute atomic E-state index is 13.8. The summed E-state index contributed by atoms with van der Waals surface area (Å²) in [6.07, 6.45) is 1.59. The number of aliphatic hydroxyl groups is 1. The van der Waals surface area contributed by atoms with Crippen LogP contribution in [0.2, 0.25) is 0 Å². The fourth-order valence-corrected chi connectivity index (χ4v) is 6.52. The van der Waals surface area contributed by atoms with Crippen LogP contribution < -0.4 is 9.47 Å². The van der Waals surface area contributed by atoms with Crippen molar-refractivity contribution in [3.05, 3.63) is 87.0 Å². The van der Waals surface area contributed by atoms with Gasteiger partial charge in [0.25, 0.3) is 0 Å². The van der Waals surface area contributed by atoms with Crippen molar-refractivity contribution >= 4 is 6.21 Å². The van der Waals surface area contributed by atoms with Gasteiger partial charge in [0.15, 0.2) is 0 Å². The highest BCUT2D eigenvalue weighted by Gasteiger charge is 2.45. The van der Waals surface area contributed by atoms with Gasteiger partial charge in [-0.05, 0) is 81.2 Å². The Hall–Kier alpha value is -3.82. The third-order valence-corrected chi connectivity index (χ3v) is 9.29. The van der Waals surface area contributed by atoms with Crippen LogP contribution >= 0.6 is 0 Å². The second kappa shape index (κ2) is 13.8. The second-order valence-electron chi connectivity index (χ2n) is 17.8. The molecule has 0 spiro atoms. The summed E-state index contributed by atoms with van der Waals surface area (Å²) in [5, 5.41) is 34.1. The van der Waals surface area contributed by atoms with E-state index in [1.165, 1.54) is 6.07 Å². The van der Waals surface area contributed by atoms with Crippen molar-refractivity contribution in [2.24, 2.45) is 10.9 Å². The molecule has 0 amide bonds. The lowest BCUT2D eigenvalue weighted by Crippen LogP contribution is -2.44. The minimum Gasteiger partial charge on any atom is -0.507 e. The van der Waals surface area contributed by atoms with E-state index in [2.05, 4.69) is 127 Å². The zero-order chi connectivity index (χ0) is 37.5. The van der Waals surface area contributed by atoms with E-state index in [0.717, 1.165) is 33.8 Å². The van der Waals surface area contributed by atoms with Crippen molar-refractivity contribution < 1.29 is 19.7 Å². The number of ether oxygens (including phenoxy) is 2. The first kappa shape index (κ1) is 39.6. The summed E-state index contributed by atoms with van der Waals surface area (Å²) in [4.78, 5) is 5.10. The molecule has 0 radical (unpaired) electrons. The third-order valence-electron chi connectivity index (χ3n) is 9.29. The maximum atomic E-state index is 13.8. The molecule has 0 heterocycles. The van der Waals surface area contributed by atoms with Crippen LogP contribution in [0.3, 0.4) is 0 Å². The molecular formula is C43H60N2O4. The van der Waals surface area contributed by atoms with Gasteiger partial charge < -0.3 is 19.7 Å². The summed E-state index contributed by atoms with van der Waals surface area (Å²) in [5.41, 5.74) is 3.30. The predicted octanol–water partition coefficient (Wildman–Crippen LogP) is 9.85. The fraction of sp³-hybridized carbons (Fsp3) is 0.535. The van der Waals surface area contributed by atoms with Gasteiger partial charge in [-0.3, -0.25) is 4.99 Å². The van der Waals surface area contributed by atoms with Crippen molar-refractivity contribution in [1.29, 1.82) is 5.26 Å². The number of nitrogens with zero attached hydrogens (tertiary/aromatic N) is 2. The summed E-state index contributed by atoms with van der Waals surface area (Å²) in [6, 6.07) is 14.5. The molecule has 1 atom stereocenters. The smallest absolute Gasteiger partial charge is 0.137 e. The van der Waals surface area contributed by atoms with E-state index in [1.54, 1.807) is 32.6 Å². The molecule has 0 saturated carbocycles. The Labute approximate surface area is 296 Å². The maximum Gasteiger partial charge on any atom is 0.137 e. The zero-order valence-corrected chi connectivity index (χ0v) is 32.9. The van der Waals surface area contributed by atoms with Crippen LogP contribution in [0.1, 0.15) is 141 Å². The van der Waals surface area contributed by atoms with Crippen LogP contribution in [0.4, 0.5) is 0 Å². The van der Waals surface area contributed by atoms with Gasteiger partial charge in [0, 0.05) is 34.0 Å². The highest BCUT2D eigenvalue weighted by Crippen LogP contribution is 2.49. The Kier molecular flexibility index (Phi) is 11.2. The number of hydrogen-bond acceptors (Lipinski definition) is 6. The number of phenolic OH excluding ortho intramolecular Hbond substituents is 1. The van der Waals surface area contributed by atoms with Crippen molar-refractivity contribution in [2.75, 3.05) is 14.2 Å². The minimum absolute atomic E-state index is 0.0118. The molecule has 49 heavy (non-hydrogen) atoms. The number of rotatable bonds is 8. The summed E-state index contributed by atoms with van der Waals surface area (Å²) < 4.78 is 12.3. The molecule has 6 nitrogen and oxygen atoms in total. The van der Waals surface area contributed by atoms with Gasteiger partial charge in [-0.25, -0.2) is 0 Å². The monoisotopic (exact) mass is 668 g/mol. The lowest BCUT2D eigenvalue weighted by molar-refractivity contribution is 0.0359. The standard InChI is InChI=1S/C43H60N2O4/c1-26(2)38(45-25-28-19-27(24-44)17-18-35(28)46)43(47,29-20-31(39(3,4)5)36(48-15)32(21-29)40(6,7)8)30-22-33(41(9,10)11)37(49-16)34(23-30)42(12,13)14/h17-23,25-26,38,46-47H,1-16H3. The lowest BCUT2D eigenvalue weighted by Gasteiger charge is -2.41. The first-order chi connectivity index (χ1) is 22.3. The van der Waals surface area contributed by atoms with Crippen LogP contribution in [0.15, 0.2) is 47.5 Å². The van der Waals surface area contributed by atoms with E-state index in [-0.39, 0.29) is 33.3 Å². The number of aliphatic imine (C=N–C) groups is 1. The number of nitriles is 1. The van der Waals surface area contributed by atoms with Gasteiger partial charge in [-0.15, -0.1) is 0 Å². The molecular weight excluding hydrogens is 608 g/mol. The summed E-state index contributed by atoms with van der Waals surface area (Å²) in [6.45, 7) is 30.0. The first-order valence-corrected chi connectivity index (χ1v) is 17.3. The van der Waals surface area contributed by atoms with Crippen LogP contribution in [0.5, 0.6) is 17.2 Å². The summed E-state index contributed by atoms with van der Waals surface area (Å²) in [7, 11) is 3.42. The van der Waals surface area contributed by atoms with Crippen molar-refractivity contribution in [2.45, 2.75) is 130 Å². The molecule has 1 unspecified atom stereocenters. The SMILES string of the molecule is COc1c(C(C)(C)C)cc(C(O)(c2cc(C(C)(C)C)c(OC)c(C(C)(C)C)c2)C(N=Cc2cc(C#N)ccc2O)C(C)C)cc1C(C)(C)C. The Bertz CT molecular complexity index is 1580. The molecule has 0 fully saturated rings. The van der Waals surface area contributed by atoms with Crippen molar-refractivity contribution in [1.82, 2.24) is 0 Å².